The van der Waals surface area contributed by atoms with E-state index in [1.165, 1.54) is 0 Å². The molecule has 1 saturated heterocycles. The average molecular weight is 227 g/mol. The number of hydrogen-bond acceptors (Lipinski definition) is 4. The third-order valence-corrected chi connectivity index (χ3v) is 3.25. The molecular formula is C11H21N3O2. The first-order valence-corrected chi connectivity index (χ1v) is 6.00. The van der Waals surface area contributed by atoms with Gasteiger partial charge in [0.25, 0.3) is 0 Å². The Morgan fingerprint density at radius 1 is 1.50 bits per heavy atom. The second-order valence-electron chi connectivity index (χ2n) is 4.94. The normalized spacial score (nSPS) is 26.1. The van der Waals surface area contributed by atoms with Crippen molar-refractivity contribution in [3.63, 3.8) is 0 Å². The SMILES string of the molecule is CC(CN1CCOCC1)NC(=O)C1(N)CC1. The van der Waals surface area contributed by atoms with Gasteiger partial charge in [-0.2, -0.15) is 0 Å². The van der Waals surface area contributed by atoms with Crippen molar-refractivity contribution in [3.8, 4) is 0 Å². The number of hydrogen-bond donors (Lipinski definition) is 2. The van der Waals surface area contributed by atoms with Crippen molar-refractivity contribution in [2.75, 3.05) is 32.8 Å². The average Bonchev–Trinajstić information content (AvgIpc) is 2.99. The molecule has 0 aromatic heterocycles. The molecule has 16 heavy (non-hydrogen) atoms. The summed E-state index contributed by atoms with van der Waals surface area (Å²) in [6, 6.07) is 0.159. The summed E-state index contributed by atoms with van der Waals surface area (Å²) in [7, 11) is 0. The van der Waals surface area contributed by atoms with E-state index in [2.05, 4.69) is 10.2 Å². The van der Waals surface area contributed by atoms with Gasteiger partial charge in [-0.05, 0) is 19.8 Å². The number of morpholine rings is 1. The number of nitrogens with one attached hydrogen (secondary N) is 1. The van der Waals surface area contributed by atoms with Crippen LogP contribution in [0.1, 0.15) is 19.8 Å². The topological polar surface area (TPSA) is 67.6 Å². The Morgan fingerprint density at radius 2 is 2.12 bits per heavy atom. The molecule has 5 nitrogen and oxygen atoms in total. The van der Waals surface area contributed by atoms with Gasteiger partial charge in [0, 0.05) is 25.7 Å². The minimum Gasteiger partial charge on any atom is -0.379 e. The quantitative estimate of drug-likeness (QED) is 0.667. The molecule has 2 fully saturated rings. The molecule has 1 atom stereocenters. The fraction of sp³-hybridized carbons (Fsp3) is 0.909. The lowest BCUT2D eigenvalue weighted by Crippen LogP contribution is -2.51. The maximum atomic E-state index is 11.7. The summed E-state index contributed by atoms with van der Waals surface area (Å²) < 4.78 is 5.28. The molecule has 1 aliphatic carbocycles. The number of carbonyl (C=O) groups excluding carboxylic acids is 1. The van der Waals surface area contributed by atoms with Crippen LogP contribution in [-0.4, -0.2) is 55.2 Å². The second-order valence-corrected chi connectivity index (χ2v) is 4.94. The van der Waals surface area contributed by atoms with Gasteiger partial charge in [-0.25, -0.2) is 0 Å². The number of rotatable bonds is 4. The zero-order valence-electron chi connectivity index (χ0n) is 9.87. The van der Waals surface area contributed by atoms with Crippen molar-refractivity contribution in [3.05, 3.63) is 0 Å². The van der Waals surface area contributed by atoms with E-state index in [1.54, 1.807) is 0 Å². The molecule has 1 aliphatic heterocycles. The summed E-state index contributed by atoms with van der Waals surface area (Å²) in [6.45, 7) is 6.40. The Kier molecular flexibility index (Phi) is 3.47. The van der Waals surface area contributed by atoms with Crippen molar-refractivity contribution in [2.45, 2.75) is 31.3 Å². The van der Waals surface area contributed by atoms with Crippen molar-refractivity contribution in [2.24, 2.45) is 5.73 Å². The molecule has 1 unspecified atom stereocenters. The predicted molar refractivity (Wildman–Crippen MR) is 61.0 cm³/mol. The van der Waals surface area contributed by atoms with Crippen LogP contribution >= 0.6 is 0 Å². The van der Waals surface area contributed by atoms with Crippen LogP contribution in [0.15, 0.2) is 0 Å². The Bertz CT molecular complexity index is 260. The first-order valence-electron chi connectivity index (χ1n) is 6.00. The maximum absolute atomic E-state index is 11.7. The molecule has 0 radical (unpaired) electrons. The van der Waals surface area contributed by atoms with E-state index in [4.69, 9.17) is 10.5 Å². The van der Waals surface area contributed by atoms with Gasteiger partial charge < -0.3 is 15.8 Å². The molecule has 3 N–H and O–H groups in total. The zero-order chi connectivity index (χ0) is 11.6. The summed E-state index contributed by atoms with van der Waals surface area (Å²) in [5, 5.41) is 2.98. The second kappa shape index (κ2) is 4.69. The van der Waals surface area contributed by atoms with Gasteiger partial charge in [-0.15, -0.1) is 0 Å². The summed E-state index contributed by atoms with van der Waals surface area (Å²) in [6.07, 6.45) is 1.65. The van der Waals surface area contributed by atoms with Crippen molar-refractivity contribution < 1.29 is 9.53 Å². The zero-order valence-corrected chi connectivity index (χ0v) is 9.87. The first-order chi connectivity index (χ1) is 7.60. The van der Waals surface area contributed by atoms with Crippen LogP contribution in [0.4, 0.5) is 0 Å². The summed E-state index contributed by atoms with van der Waals surface area (Å²) in [5.41, 5.74) is 5.27. The molecule has 5 heteroatoms. The number of nitrogens with two attached hydrogens (primary N) is 1. The lowest BCUT2D eigenvalue weighted by Gasteiger charge is -2.29. The van der Waals surface area contributed by atoms with Gasteiger partial charge in [0.15, 0.2) is 0 Å². The minimum atomic E-state index is -0.556. The van der Waals surface area contributed by atoms with E-state index in [-0.39, 0.29) is 11.9 Å². The minimum absolute atomic E-state index is 0.00765. The Hall–Kier alpha value is -0.650. The molecule has 1 amide bonds. The van der Waals surface area contributed by atoms with Crippen molar-refractivity contribution in [1.29, 1.82) is 0 Å². The number of carbonyl (C=O) groups is 1. The van der Waals surface area contributed by atoms with Crippen LogP contribution < -0.4 is 11.1 Å². The summed E-state index contributed by atoms with van der Waals surface area (Å²) >= 11 is 0. The van der Waals surface area contributed by atoms with E-state index < -0.39 is 5.54 Å². The number of amides is 1. The van der Waals surface area contributed by atoms with E-state index in [1.807, 2.05) is 6.92 Å². The van der Waals surface area contributed by atoms with E-state index >= 15 is 0 Å². The Labute approximate surface area is 96.3 Å². The Morgan fingerprint density at radius 3 is 2.69 bits per heavy atom. The van der Waals surface area contributed by atoms with Gasteiger partial charge in [-0.1, -0.05) is 0 Å². The highest BCUT2D eigenvalue weighted by molar-refractivity contribution is 5.89. The highest BCUT2D eigenvalue weighted by Gasteiger charge is 2.46. The summed E-state index contributed by atoms with van der Waals surface area (Å²) in [4.78, 5) is 14.0. The largest absolute Gasteiger partial charge is 0.379 e. The molecule has 2 aliphatic rings. The third-order valence-electron chi connectivity index (χ3n) is 3.25. The summed E-state index contributed by atoms with van der Waals surface area (Å²) in [5.74, 6) is 0.00765. The van der Waals surface area contributed by atoms with Crippen LogP contribution in [0.3, 0.4) is 0 Å². The lowest BCUT2D eigenvalue weighted by molar-refractivity contribution is -0.124. The van der Waals surface area contributed by atoms with Gasteiger partial charge in [0.05, 0.1) is 18.8 Å². The van der Waals surface area contributed by atoms with Crippen LogP contribution in [0.25, 0.3) is 0 Å². The fourth-order valence-electron chi connectivity index (χ4n) is 1.95. The molecular weight excluding hydrogens is 206 g/mol. The van der Waals surface area contributed by atoms with Crippen LogP contribution in [-0.2, 0) is 9.53 Å². The van der Waals surface area contributed by atoms with Crippen molar-refractivity contribution in [1.82, 2.24) is 10.2 Å². The highest BCUT2D eigenvalue weighted by atomic mass is 16.5. The van der Waals surface area contributed by atoms with Crippen molar-refractivity contribution >= 4 is 5.91 Å². The lowest BCUT2D eigenvalue weighted by atomic mass is 10.2. The van der Waals surface area contributed by atoms with Crippen LogP contribution in [0, 0.1) is 0 Å². The standard InChI is InChI=1S/C11H21N3O2/c1-9(8-14-4-6-16-7-5-14)13-10(15)11(12)2-3-11/h9H,2-8,12H2,1H3,(H,13,15). The smallest absolute Gasteiger partial charge is 0.240 e. The molecule has 0 bridgehead atoms. The van der Waals surface area contributed by atoms with E-state index in [9.17, 15) is 4.79 Å². The molecule has 0 aromatic rings. The molecule has 1 saturated carbocycles. The van der Waals surface area contributed by atoms with E-state index in [0.717, 1.165) is 45.7 Å². The van der Waals surface area contributed by atoms with Gasteiger partial charge in [-0.3, -0.25) is 9.69 Å². The van der Waals surface area contributed by atoms with Gasteiger partial charge >= 0.3 is 0 Å². The Balaban J connectivity index is 1.70. The maximum Gasteiger partial charge on any atom is 0.240 e. The molecule has 0 aromatic carbocycles. The van der Waals surface area contributed by atoms with E-state index in [0.29, 0.717) is 0 Å². The number of nitrogens with zero attached hydrogens (tertiary/aromatic N) is 1. The van der Waals surface area contributed by atoms with Gasteiger partial charge in [0.2, 0.25) is 5.91 Å². The highest BCUT2D eigenvalue weighted by Crippen LogP contribution is 2.32. The monoisotopic (exact) mass is 227 g/mol. The predicted octanol–water partition coefficient (Wildman–Crippen LogP) is -0.685. The fourth-order valence-corrected chi connectivity index (χ4v) is 1.95. The third kappa shape index (κ3) is 2.93. The molecule has 92 valence electrons. The molecule has 0 spiro atoms. The van der Waals surface area contributed by atoms with Crippen LogP contribution in [0.5, 0.6) is 0 Å². The molecule has 1 heterocycles. The molecule has 2 rings (SSSR count). The first kappa shape index (κ1) is 11.8. The van der Waals surface area contributed by atoms with Gasteiger partial charge in [0.1, 0.15) is 0 Å². The number of ether oxygens (including phenoxy) is 1. The van der Waals surface area contributed by atoms with Crippen LogP contribution in [0.2, 0.25) is 0 Å².